The molecule has 2 aromatic carbocycles. The van der Waals surface area contributed by atoms with E-state index < -0.39 is 0 Å². The van der Waals surface area contributed by atoms with Crippen LogP contribution < -0.4 is 10.6 Å². The fourth-order valence-corrected chi connectivity index (χ4v) is 2.76. The van der Waals surface area contributed by atoms with Crippen LogP contribution in [-0.2, 0) is 6.54 Å². The molecule has 0 atom stereocenters. The molecular weight excluding hydrogens is 328 g/mol. The zero-order valence-electron chi connectivity index (χ0n) is 12.5. The molecule has 0 radical (unpaired) electrons. The molecule has 0 aliphatic rings. The highest BCUT2D eigenvalue weighted by molar-refractivity contribution is 9.10. The summed E-state index contributed by atoms with van der Waals surface area (Å²) >= 11 is 3.41. The summed E-state index contributed by atoms with van der Waals surface area (Å²) < 4.78 is 1.00. The second-order valence-corrected chi connectivity index (χ2v) is 6.18. The van der Waals surface area contributed by atoms with Crippen molar-refractivity contribution in [1.29, 1.82) is 0 Å². The maximum absolute atomic E-state index is 12.0. The Labute approximate surface area is 133 Å². The summed E-state index contributed by atoms with van der Waals surface area (Å²) in [4.78, 5) is 12.0. The highest BCUT2D eigenvalue weighted by Gasteiger charge is 2.05. The van der Waals surface area contributed by atoms with Crippen LogP contribution in [0.1, 0.15) is 22.3 Å². The predicted molar refractivity (Wildman–Crippen MR) is 90.7 cm³/mol. The lowest BCUT2D eigenvalue weighted by Crippen LogP contribution is -2.28. The molecule has 0 aliphatic heterocycles. The first-order valence-electron chi connectivity index (χ1n) is 6.82. The lowest BCUT2D eigenvalue weighted by atomic mass is 10.1. The molecule has 0 spiro atoms. The minimum atomic E-state index is -0.195. The van der Waals surface area contributed by atoms with Gasteiger partial charge in [0.2, 0.25) is 0 Å². The number of carbonyl (C=O) groups excluding carboxylic acids is 1. The molecule has 3 nitrogen and oxygen atoms in total. The fourth-order valence-electron chi connectivity index (χ4n) is 2.29. The van der Waals surface area contributed by atoms with Crippen LogP contribution in [-0.4, -0.2) is 6.03 Å². The summed E-state index contributed by atoms with van der Waals surface area (Å²) in [7, 11) is 0. The number of urea groups is 1. The first-order valence-corrected chi connectivity index (χ1v) is 7.61. The van der Waals surface area contributed by atoms with Gasteiger partial charge in [0, 0.05) is 16.7 Å². The number of halogens is 1. The molecule has 110 valence electrons. The fraction of sp³-hybridized carbons (Fsp3) is 0.235. The number of aryl methyl sites for hydroxylation is 3. The lowest BCUT2D eigenvalue weighted by Gasteiger charge is -2.11. The molecule has 0 unspecified atom stereocenters. The van der Waals surface area contributed by atoms with Crippen molar-refractivity contribution in [3.05, 3.63) is 63.1 Å². The van der Waals surface area contributed by atoms with E-state index in [1.54, 1.807) is 0 Å². The Morgan fingerprint density at radius 2 is 1.71 bits per heavy atom. The standard InChI is InChI=1S/C17H19BrN2O/c1-11-6-12(2)8-14(7-11)10-19-17(21)20-16-5-4-15(18)9-13(16)3/h4-9H,10H2,1-3H3,(H2,19,20,21). The third-order valence-corrected chi connectivity index (χ3v) is 3.66. The highest BCUT2D eigenvalue weighted by atomic mass is 79.9. The second-order valence-electron chi connectivity index (χ2n) is 5.26. The van der Waals surface area contributed by atoms with E-state index in [1.807, 2.05) is 25.1 Å². The van der Waals surface area contributed by atoms with Crippen LogP contribution in [0.25, 0.3) is 0 Å². The number of rotatable bonds is 3. The normalized spacial score (nSPS) is 10.3. The summed E-state index contributed by atoms with van der Waals surface area (Å²) in [6.07, 6.45) is 0. The Bertz CT molecular complexity index is 648. The summed E-state index contributed by atoms with van der Waals surface area (Å²) in [6, 6.07) is 11.9. The van der Waals surface area contributed by atoms with Gasteiger partial charge >= 0.3 is 6.03 Å². The monoisotopic (exact) mass is 346 g/mol. The number of carbonyl (C=O) groups is 1. The van der Waals surface area contributed by atoms with Gasteiger partial charge in [-0.2, -0.15) is 0 Å². The van der Waals surface area contributed by atoms with Gasteiger partial charge in [-0.05, 0) is 50.1 Å². The summed E-state index contributed by atoms with van der Waals surface area (Å²) in [5, 5.41) is 5.75. The molecule has 0 fully saturated rings. The molecule has 2 rings (SSSR count). The van der Waals surface area contributed by atoms with E-state index in [9.17, 15) is 4.79 Å². The van der Waals surface area contributed by atoms with Gasteiger partial charge in [-0.15, -0.1) is 0 Å². The predicted octanol–water partition coefficient (Wildman–Crippen LogP) is 4.70. The largest absolute Gasteiger partial charge is 0.334 e. The molecule has 2 amide bonds. The van der Waals surface area contributed by atoms with Crippen molar-refractivity contribution >= 4 is 27.6 Å². The molecule has 0 heterocycles. The van der Waals surface area contributed by atoms with Gasteiger partial charge in [-0.1, -0.05) is 45.3 Å². The molecule has 0 aromatic heterocycles. The Morgan fingerprint density at radius 3 is 2.33 bits per heavy atom. The van der Waals surface area contributed by atoms with E-state index in [2.05, 4.69) is 58.6 Å². The summed E-state index contributed by atoms with van der Waals surface area (Å²) in [5.41, 5.74) is 5.35. The number of hydrogen-bond acceptors (Lipinski definition) is 1. The van der Waals surface area contributed by atoms with Gasteiger partial charge in [0.15, 0.2) is 0 Å². The van der Waals surface area contributed by atoms with Crippen LogP contribution in [0, 0.1) is 20.8 Å². The second kappa shape index (κ2) is 6.76. The Morgan fingerprint density at radius 1 is 1.05 bits per heavy atom. The minimum Gasteiger partial charge on any atom is -0.334 e. The maximum Gasteiger partial charge on any atom is 0.319 e. The van der Waals surface area contributed by atoms with Crippen LogP contribution in [0.5, 0.6) is 0 Å². The minimum absolute atomic E-state index is 0.195. The highest BCUT2D eigenvalue weighted by Crippen LogP contribution is 2.19. The Balaban J connectivity index is 1.95. The van der Waals surface area contributed by atoms with Gasteiger partial charge in [0.05, 0.1) is 0 Å². The zero-order valence-corrected chi connectivity index (χ0v) is 14.0. The number of hydrogen-bond donors (Lipinski definition) is 2. The van der Waals surface area contributed by atoms with Crippen LogP contribution >= 0.6 is 15.9 Å². The lowest BCUT2D eigenvalue weighted by molar-refractivity contribution is 0.251. The van der Waals surface area contributed by atoms with Crippen LogP contribution in [0.2, 0.25) is 0 Å². The van der Waals surface area contributed by atoms with E-state index in [0.717, 1.165) is 21.3 Å². The van der Waals surface area contributed by atoms with Crippen LogP contribution in [0.15, 0.2) is 40.9 Å². The molecule has 2 aromatic rings. The molecule has 2 N–H and O–H groups in total. The van der Waals surface area contributed by atoms with Gasteiger partial charge in [-0.3, -0.25) is 0 Å². The zero-order chi connectivity index (χ0) is 15.4. The molecular formula is C17H19BrN2O. The van der Waals surface area contributed by atoms with Crippen molar-refractivity contribution in [3.63, 3.8) is 0 Å². The average molecular weight is 347 g/mol. The molecule has 0 saturated carbocycles. The van der Waals surface area contributed by atoms with Crippen molar-refractivity contribution in [1.82, 2.24) is 5.32 Å². The number of benzene rings is 2. The van der Waals surface area contributed by atoms with E-state index in [0.29, 0.717) is 6.54 Å². The molecule has 21 heavy (non-hydrogen) atoms. The van der Waals surface area contributed by atoms with Gasteiger partial charge < -0.3 is 10.6 Å². The summed E-state index contributed by atoms with van der Waals surface area (Å²) in [6.45, 7) is 6.59. The third kappa shape index (κ3) is 4.60. The Hall–Kier alpha value is -1.81. The van der Waals surface area contributed by atoms with Gasteiger partial charge in [0.1, 0.15) is 0 Å². The Kier molecular flexibility index (Phi) is 5.02. The van der Waals surface area contributed by atoms with Gasteiger partial charge in [0.25, 0.3) is 0 Å². The molecule has 0 aliphatic carbocycles. The third-order valence-electron chi connectivity index (χ3n) is 3.17. The van der Waals surface area contributed by atoms with E-state index >= 15 is 0 Å². The van der Waals surface area contributed by atoms with E-state index in [1.165, 1.54) is 11.1 Å². The van der Waals surface area contributed by atoms with E-state index in [-0.39, 0.29) is 6.03 Å². The molecule has 4 heteroatoms. The first-order chi connectivity index (χ1) is 9.94. The topological polar surface area (TPSA) is 41.1 Å². The number of anilines is 1. The molecule has 0 bridgehead atoms. The van der Waals surface area contributed by atoms with Crippen LogP contribution in [0.3, 0.4) is 0 Å². The molecule has 0 saturated heterocycles. The van der Waals surface area contributed by atoms with Crippen molar-refractivity contribution in [3.8, 4) is 0 Å². The number of nitrogens with one attached hydrogen (secondary N) is 2. The van der Waals surface area contributed by atoms with Crippen LogP contribution in [0.4, 0.5) is 10.5 Å². The first kappa shape index (κ1) is 15.6. The average Bonchev–Trinajstić information content (AvgIpc) is 2.39. The summed E-state index contributed by atoms with van der Waals surface area (Å²) in [5.74, 6) is 0. The quantitative estimate of drug-likeness (QED) is 0.831. The van der Waals surface area contributed by atoms with Crippen molar-refractivity contribution in [2.24, 2.45) is 0 Å². The van der Waals surface area contributed by atoms with Gasteiger partial charge in [-0.25, -0.2) is 4.79 Å². The van der Waals surface area contributed by atoms with E-state index in [4.69, 9.17) is 0 Å². The SMILES string of the molecule is Cc1cc(C)cc(CNC(=O)Nc2ccc(Br)cc2C)c1. The van der Waals surface area contributed by atoms with Crippen molar-refractivity contribution < 1.29 is 4.79 Å². The maximum atomic E-state index is 12.0. The van der Waals surface area contributed by atoms with Crippen molar-refractivity contribution in [2.75, 3.05) is 5.32 Å². The number of amides is 2. The van der Waals surface area contributed by atoms with Crippen molar-refractivity contribution in [2.45, 2.75) is 27.3 Å². The smallest absolute Gasteiger partial charge is 0.319 e.